The second-order valence-corrected chi connectivity index (χ2v) is 7.02. The van der Waals surface area contributed by atoms with Crippen LogP contribution in [0.15, 0.2) is 42.5 Å². The smallest absolute Gasteiger partial charge is 0.259 e. The molecule has 1 saturated heterocycles. The number of nitrogens with one attached hydrogen (secondary N) is 1. The first-order valence-corrected chi connectivity index (χ1v) is 9.12. The molecule has 24 heavy (non-hydrogen) atoms. The molecule has 0 aromatic heterocycles. The maximum atomic E-state index is 12.6. The lowest BCUT2D eigenvalue weighted by molar-refractivity contribution is 0.0673. The number of aryl methyl sites for hydroxylation is 1. The van der Waals surface area contributed by atoms with Gasteiger partial charge in [0, 0.05) is 15.9 Å². The van der Waals surface area contributed by atoms with Crippen molar-refractivity contribution in [2.75, 3.05) is 18.5 Å². The molecule has 1 amide bonds. The van der Waals surface area contributed by atoms with Crippen molar-refractivity contribution in [3.8, 4) is 5.75 Å². The van der Waals surface area contributed by atoms with Crippen molar-refractivity contribution in [1.82, 2.24) is 0 Å². The number of amides is 1. The van der Waals surface area contributed by atoms with Gasteiger partial charge >= 0.3 is 0 Å². The number of ether oxygens (including phenoxy) is 2. The normalized spacial score (nSPS) is 16.8. The van der Waals surface area contributed by atoms with Crippen molar-refractivity contribution < 1.29 is 14.3 Å². The van der Waals surface area contributed by atoms with Crippen LogP contribution in [0.4, 0.5) is 5.69 Å². The van der Waals surface area contributed by atoms with Gasteiger partial charge in [0.05, 0.1) is 11.7 Å². The summed E-state index contributed by atoms with van der Waals surface area (Å²) in [5.41, 5.74) is 2.50. The zero-order valence-electron chi connectivity index (χ0n) is 13.5. The molecule has 4 nitrogen and oxygen atoms in total. The van der Waals surface area contributed by atoms with Gasteiger partial charge in [-0.05, 0) is 72.2 Å². The van der Waals surface area contributed by atoms with Gasteiger partial charge in [0.1, 0.15) is 12.4 Å². The molecule has 1 heterocycles. The van der Waals surface area contributed by atoms with Crippen molar-refractivity contribution in [2.45, 2.75) is 25.9 Å². The molecule has 126 valence electrons. The van der Waals surface area contributed by atoms with Crippen molar-refractivity contribution in [3.63, 3.8) is 0 Å². The molecule has 1 fully saturated rings. The summed E-state index contributed by atoms with van der Waals surface area (Å²) in [5.74, 6) is 0.421. The predicted octanol–water partition coefficient (Wildman–Crippen LogP) is 4.41. The number of hydrogen-bond donors (Lipinski definition) is 1. The number of carbonyl (C=O) groups excluding carboxylic acids is 1. The Kier molecular flexibility index (Phi) is 5.73. The molecule has 1 unspecified atom stereocenters. The summed E-state index contributed by atoms with van der Waals surface area (Å²) in [4.78, 5) is 12.6. The average Bonchev–Trinajstić information content (AvgIpc) is 3.10. The molecule has 1 aliphatic heterocycles. The zero-order chi connectivity index (χ0) is 16.9. The molecule has 0 spiro atoms. The van der Waals surface area contributed by atoms with Crippen LogP contribution in [0.25, 0.3) is 0 Å². The Bertz CT molecular complexity index is 726. The van der Waals surface area contributed by atoms with E-state index in [9.17, 15) is 4.79 Å². The van der Waals surface area contributed by atoms with Gasteiger partial charge in [-0.1, -0.05) is 18.2 Å². The highest BCUT2D eigenvalue weighted by molar-refractivity contribution is 14.1. The van der Waals surface area contributed by atoms with Gasteiger partial charge in [-0.3, -0.25) is 4.79 Å². The van der Waals surface area contributed by atoms with E-state index in [0.717, 1.165) is 28.7 Å². The first-order chi connectivity index (χ1) is 11.6. The topological polar surface area (TPSA) is 47.6 Å². The van der Waals surface area contributed by atoms with Gasteiger partial charge in [0.25, 0.3) is 5.91 Å². The van der Waals surface area contributed by atoms with Crippen molar-refractivity contribution in [1.29, 1.82) is 0 Å². The van der Waals surface area contributed by atoms with Gasteiger partial charge in [0.2, 0.25) is 0 Å². The number of benzene rings is 2. The van der Waals surface area contributed by atoms with Crippen LogP contribution >= 0.6 is 22.6 Å². The molecule has 1 aliphatic rings. The quantitative estimate of drug-likeness (QED) is 0.706. The van der Waals surface area contributed by atoms with E-state index < -0.39 is 0 Å². The standard InChI is InChI=1S/C19H20INO3/c1-13-8-9-14(11-17(13)20)21-19(22)16-6-2-3-7-18(16)24-12-15-5-4-10-23-15/h2-3,6-9,11,15H,4-5,10,12H2,1H3,(H,21,22). The maximum absolute atomic E-state index is 12.6. The van der Waals surface area contributed by atoms with Crippen LogP contribution in [0.1, 0.15) is 28.8 Å². The third kappa shape index (κ3) is 4.27. The number of anilines is 1. The Morgan fingerprint density at radius 3 is 2.92 bits per heavy atom. The summed E-state index contributed by atoms with van der Waals surface area (Å²) < 4.78 is 12.5. The highest BCUT2D eigenvalue weighted by Gasteiger charge is 2.18. The fourth-order valence-electron chi connectivity index (χ4n) is 2.61. The summed E-state index contributed by atoms with van der Waals surface area (Å²) in [6.45, 7) is 3.32. The van der Waals surface area contributed by atoms with Crippen molar-refractivity contribution in [2.24, 2.45) is 0 Å². The second kappa shape index (κ2) is 7.98. The third-order valence-corrected chi connectivity index (χ3v) is 5.17. The van der Waals surface area contributed by atoms with E-state index in [1.165, 1.54) is 5.56 Å². The fraction of sp³-hybridized carbons (Fsp3) is 0.316. The van der Waals surface area contributed by atoms with Gasteiger partial charge in [-0.15, -0.1) is 0 Å². The minimum absolute atomic E-state index is 0.125. The average molecular weight is 437 g/mol. The Morgan fingerprint density at radius 2 is 2.17 bits per heavy atom. The second-order valence-electron chi connectivity index (χ2n) is 5.86. The van der Waals surface area contributed by atoms with Gasteiger partial charge < -0.3 is 14.8 Å². The van der Waals surface area contributed by atoms with E-state index in [-0.39, 0.29) is 12.0 Å². The predicted molar refractivity (Wildman–Crippen MR) is 103 cm³/mol. The Hall–Kier alpha value is -1.60. The van der Waals surface area contributed by atoms with E-state index in [0.29, 0.717) is 17.9 Å². The molecule has 1 N–H and O–H groups in total. The van der Waals surface area contributed by atoms with E-state index >= 15 is 0 Å². The SMILES string of the molecule is Cc1ccc(NC(=O)c2ccccc2OCC2CCCO2)cc1I. The summed E-state index contributed by atoms with van der Waals surface area (Å²) in [6, 6.07) is 13.2. The van der Waals surface area contributed by atoms with Gasteiger partial charge in [-0.25, -0.2) is 0 Å². The zero-order valence-corrected chi connectivity index (χ0v) is 15.7. The van der Waals surface area contributed by atoms with E-state index in [1.54, 1.807) is 6.07 Å². The molecule has 2 aromatic rings. The fourth-order valence-corrected chi connectivity index (χ4v) is 3.12. The minimum Gasteiger partial charge on any atom is -0.490 e. The lowest BCUT2D eigenvalue weighted by Gasteiger charge is -2.14. The van der Waals surface area contributed by atoms with E-state index in [4.69, 9.17) is 9.47 Å². The molecule has 3 rings (SSSR count). The number of rotatable bonds is 5. The number of para-hydroxylation sites is 1. The van der Waals surface area contributed by atoms with Gasteiger partial charge in [0.15, 0.2) is 0 Å². The maximum Gasteiger partial charge on any atom is 0.259 e. The molecular formula is C19H20INO3. The molecule has 0 bridgehead atoms. The number of halogens is 1. The summed E-state index contributed by atoms with van der Waals surface area (Å²) >= 11 is 2.26. The van der Waals surface area contributed by atoms with Crippen molar-refractivity contribution in [3.05, 3.63) is 57.2 Å². The summed E-state index contributed by atoms with van der Waals surface area (Å²) in [6.07, 6.45) is 2.21. The molecule has 0 saturated carbocycles. The lowest BCUT2D eigenvalue weighted by Crippen LogP contribution is -2.19. The third-order valence-electron chi connectivity index (χ3n) is 4.01. The van der Waals surface area contributed by atoms with Crippen LogP contribution < -0.4 is 10.1 Å². The van der Waals surface area contributed by atoms with E-state index in [1.807, 2.05) is 43.3 Å². The first-order valence-electron chi connectivity index (χ1n) is 8.04. The first kappa shape index (κ1) is 17.2. The summed E-state index contributed by atoms with van der Waals surface area (Å²) in [7, 11) is 0. The number of hydrogen-bond acceptors (Lipinski definition) is 3. The molecule has 0 aliphatic carbocycles. The van der Waals surface area contributed by atoms with E-state index in [2.05, 4.69) is 27.9 Å². The Labute approximate surface area is 155 Å². The van der Waals surface area contributed by atoms with Gasteiger partial charge in [-0.2, -0.15) is 0 Å². The largest absolute Gasteiger partial charge is 0.490 e. The van der Waals surface area contributed by atoms with Crippen LogP contribution in [0.5, 0.6) is 5.75 Å². The Morgan fingerprint density at radius 1 is 1.33 bits per heavy atom. The molecule has 0 radical (unpaired) electrons. The lowest BCUT2D eigenvalue weighted by atomic mass is 10.1. The highest BCUT2D eigenvalue weighted by atomic mass is 127. The monoisotopic (exact) mass is 437 g/mol. The minimum atomic E-state index is -0.169. The molecule has 5 heteroatoms. The molecule has 2 aromatic carbocycles. The Balaban J connectivity index is 1.70. The molecular weight excluding hydrogens is 417 g/mol. The summed E-state index contributed by atoms with van der Waals surface area (Å²) in [5, 5.41) is 2.94. The van der Waals surface area contributed by atoms with Crippen LogP contribution in [0, 0.1) is 10.5 Å². The van der Waals surface area contributed by atoms with Crippen LogP contribution in [0.2, 0.25) is 0 Å². The molecule has 1 atom stereocenters. The van der Waals surface area contributed by atoms with Crippen molar-refractivity contribution >= 4 is 34.2 Å². The van der Waals surface area contributed by atoms with Crippen LogP contribution in [-0.2, 0) is 4.74 Å². The highest BCUT2D eigenvalue weighted by Crippen LogP contribution is 2.23. The number of carbonyl (C=O) groups is 1. The van der Waals surface area contributed by atoms with Crippen LogP contribution in [0.3, 0.4) is 0 Å². The van der Waals surface area contributed by atoms with Crippen LogP contribution in [-0.4, -0.2) is 25.2 Å².